The molecule has 4 aromatic heterocycles. The molecule has 0 N–H and O–H groups in total. The predicted molar refractivity (Wildman–Crippen MR) is 562 cm³/mol. The first-order valence-corrected chi connectivity index (χ1v) is 46.5. The summed E-state index contributed by atoms with van der Waals surface area (Å²) in [6, 6.07) is 189. The van der Waals surface area contributed by atoms with Gasteiger partial charge in [0.1, 0.15) is 0 Å². The highest BCUT2D eigenvalue weighted by atomic mass is 15.0. The molecule has 26 aromatic rings. The number of hydrogen-bond donors (Lipinski definition) is 0. The Kier molecular flexibility index (Phi) is 17.5. The molecule has 624 valence electrons. The van der Waals surface area contributed by atoms with Gasteiger partial charge in [0.25, 0.3) is 0 Å². The fourth-order valence-electron chi connectivity index (χ4n) is 23.3. The van der Waals surface area contributed by atoms with Crippen LogP contribution in [0.4, 0.5) is 0 Å². The zero-order valence-corrected chi connectivity index (χ0v) is 73.3. The van der Waals surface area contributed by atoms with Crippen LogP contribution in [0.1, 0.15) is 44.5 Å². The van der Waals surface area contributed by atoms with Crippen LogP contribution >= 0.6 is 0 Å². The number of hydrogen-bond acceptors (Lipinski definition) is 0. The van der Waals surface area contributed by atoms with Crippen molar-refractivity contribution >= 4 is 109 Å². The van der Waals surface area contributed by atoms with E-state index in [1.807, 2.05) is 0 Å². The number of benzene rings is 22. The second-order valence-electron chi connectivity index (χ2n) is 36.1. The predicted octanol–water partition coefficient (Wildman–Crippen LogP) is 33.5. The molecular formula is C130H84N4. The number of nitrogens with zero attached hydrogens (tertiary/aromatic N) is 4. The maximum absolute atomic E-state index is 2.54. The van der Waals surface area contributed by atoms with E-state index in [0.29, 0.717) is 0 Å². The van der Waals surface area contributed by atoms with E-state index in [-0.39, 0.29) is 0 Å². The normalized spacial score (nSPS) is 12.9. The molecule has 2 aliphatic rings. The van der Waals surface area contributed by atoms with Gasteiger partial charge in [-0.1, -0.05) is 382 Å². The zero-order chi connectivity index (χ0) is 88.1. The van der Waals surface area contributed by atoms with E-state index in [0.717, 1.165) is 22.7 Å². The van der Waals surface area contributed by atoms with Crippen molar-refractivity contribution in [2.45, 2.75) is 10.8 Å². The molecule has 0 saturated carbocycles. The highest BCUT2D eigenvalue weighted by Gasteiger charge is 2.49. The molecule has 0 spiro atoms. The van der Waals surface area contributed by atoms with Gasteiger partial charge in [0.05, 0.1) is 55.0 Å². The summed E-state index contributed by atoms with van der Waals surface area (Å²) in [4.78, 5) is 0. The van der Waals surface area contributed by atoms with Crippen molar-refractivity contribution in [3.63, 3.8) is 0 Å². The third-order valence-electron chi connectivity index (χ3n) is 29.1. The van der Waals surface area contributed by atoms with Crippen LogP contribution in [0.5, 0.6) is 0 Å². The fourth-order valence-corrected chi connectivity index (χ4v) is 23.3. The quantitative estimate of drug-likeness (QED) is 0.116. The molecule has 0 radical (unpaired) electrons. The summed E-state index contributed by atoms with van der Waals surface area (Å²) in [7, 11) is 0. The van der Waals surface area contributed by atoms with E-state index < -0.39 is 10.8 Å². The molecule has 4 heterocycles. The van der Waals surface area contributed by atoms with Crippen LogP contribution in [-0.4, -0.2) is 18.3 Å². The van der Waals surface area contributed by atoms with Crippen molar-refractivity contribution in [1.82, 2.24) is 18.3 Å². The summed E-state index contributed by atoms with van der Waals surface area (Å²) in [6.07, 6.45) is 0. The second kappa shape index (κ2) is 30.6. The summed E-state index contributed by atoms with van der Waals surface area (Å²) < 4.78 is 9.84. The summed E-state index contributed by atoms with van der Waals surface area (Å²) in [5.74, 6) is 0. The number of aromatic nitrogens is 4. The van der Waals surface area contributed by atoms with Gasteiger partial charge in [-0.3, -0.25) is 0 Å². The van der Waals surface area contributed by atoms with Crippen molar-refractivity contribution < 1.29 is 0 Å². The minimum absolute atomic E-state index is 0.502. The van der Waals surface area contributed by atoms with E-state index in [1.54, 1.807) is 0 Å². The molecule has 0 amide bonds. The van der Waals surface area contributed by atoms with Crippen LogP contribution in [0.25, 0.3) is 198 Å². The van der Waals surface area contributed by atoms with Gasteiger partial charge >= 0.3 is 0 Å². The summed E-state index contributed by atoms with van der Waals surface area (Å²) in [6.45, 7) is 0. The topological polar surface area (TPSA) is 19.7 Å². The number of rotatable bonds is 12. The van der Waals surface area contributed by atoms with Gasteiger partial charge in [0, 0.05) is 65.8 Å². The molecule has 0 aliphatic heterocycles. The minimum Gasteiger partial charge on any atom is -0.309 e. The Hall–Kier alpha value is -17.4. The van der Waals surface area contributed by atoms with E-state index >= 15 is 0 Å². The monoisotopic (exact) mass is 1700 g/mol. The molecule has 0 bridgehead atoms. The van der Waals surface area contributed by atoms with Gasteiger partial charge in [0.15, 0.2) is 0 Å². The number of para-hydroxylation sites is 2. The van der Waals surface area contributed by atoms with Crippen molar-refractivity contribution in [2.24, 2.45) is 0 Å². The van der Waals surface area contributed by atoms with Crippen molar-refractivity contribution in [3.8, 4) is 89.5 Å². The lowest BCUT2D eigenvalue weighted by Gasteiger charge is -2.34. The third-order valence-corrected chi connectivity index (χ3v) is 29.1. The molecule has 4 heteroatoms. The second-order valence-corrected chi connectivity index (χ2v) is 36.1. The van der Waals surface area contributed by atoms with E-state index in [1.165, 1.54) is 220 Å². The lowest BCUT2D eigenvalue weighted by molar-refractivity contribution is 0.769. The third kappa shape index (κ3) is 11.7. The van der Waals surface area contributed by atoms with Gasteiger partial charge in [-0.2, -0.15) is 0 Å². The molecule has 28 rings (SSSR count). The summed E-state index contributed by atoms with van der Waals surface area (Å²) in [5.41, 5.74) is 38.2. The molecule has 0 saturated heterocycles. The fraction of sp³-hybridized carbons (Fsp3) is 0.0154. The molecule has 0 atom stereocenters. The molecule has 134 heavy (non-hydrogen) atoms. The minimum atomic E-state index is -0.502. The van der Waals surface area contributed by atoms with E-state index in [9.17, 15) is 0 Å². The highest BCUT2D eigenvalue weighted by molar-refractivity contribution is 6.21. The van der Waals surface area contributed by atoms with Crippen LogP contribution in [0.2, 0.25) is 0 Å². The summed E-state index contributed by atoms with van der Waals surface area (Å²) >= 11 is 0. The van der Waals surface area contributed by atoms with Crippen molar-refractivity contribution in [3.05, 3.63) is 554 Å². The average Bonchev–Trinajstić information content (AvgIpc) is 1.51. The molecule has 0 unspecified atom stereocenters. The molecular weight excluding hydrogens is 1620 g/mol. The molecule has 2 aliphatic carbocycles. The smallest absolute Gasteiger partial charge is 0.0713 e. The zero-order valence-electron chi connectivity index (χ0n) is 73.3. The van der Waals surface area contributed by atoms with Gasteiger partial charge in [-0.05, 0) is 260 Å². The first-order chi connectivity index (χ1) is 66.5. The maximum Gasteiger partial charge on any atom is 0.0713 e. The van der Waals surface area contributed by atoms with Crippen molar-refractivity contribution in [1.29, 1.82) is 0 Å². The molecule has 22 aromatic carbocycles. The Morgan fingerprint density at radius 1 is 0.142 bits per heavy atom. The lowest BCUT2D eigenvalue weighted by atomic mass is 9.67. The first kappa shape index (κ1) is 76.6. The standard InChI is InChI=1S/2C65H42N2/c1-4-17-43(18-5-1)46-21-16-26-51(39-46)66-59-30-15-13-27-53(59)55-41-47(32-36-60(55)66)48-33-37-61-56(42-48)64-62(67(61)52-34-31-44-19-10-11-20-45(44)40-52)38-35-58-63(64)54-28-12-14-29-57(54)65(58,49-22-6-2-7-23-49)50-24-8-3-9-25-50;1-4-17-43(18-5-1)46-21-16-26-51(37-46)66-61-30-15-13-28-54(61)56-39-47(32-35-62(56)66)48-33-36-63-57(40-48)58-41-60-55(42-64(58)67(63)52-34-31-44-19-10-11-20-45(44)38-52)53-27-12-14-29-59(53)65(60,49-22-6-2-7-23-49)50-24-8-3-9-25-50/h2*1-42H. The van der Waals surface area contributed by atoms with Gasteiger partial charge < -0.3 is 18.3 Å². The Morgan fingerprint density at radius 3 is 0.940 bits per heavy atom. The van der Waals surface area contributed by atoms with Crippen LogP contribution in [0.3, 0.4) is 0 Å². The van der Waals surface area contributed by atoms with Crippen LogP contribution in [0.15, 0.2) is 510 Å². The van der Waals surface area contributed by atoms with E-state index in [2.05, 4.69) is 528 Å². The van der Waals surface area contributed by atoms with Gasteiger partial charge in [-0.25, -0.2) is 0 Å². The summed E-state index contributed by atoms with van der Waals surface area (Å²) in [5, 5.41) is 14.9. The maximum atomic E-state index is 2.54. The highest BCUT2D eigenvalue weighted by Crippen LogP contribution is 2.61. The Labute approximate surface area is 776 Å². The largest absolute Gasteiger partial charge is 0.309 e. The van der Waals surface area contributed by atoms with E-state index in [4.69, 9.17) is 0 Å². The van der Waals surface area contributed by atoms with Crippen molar-refractivity contribution in [2.75, 3.05) is 0 Å². The van der Waals surface area contributed by atoms with Crippen LogP contribution in [0, 0.1) is 0 Å². The van der Waals surface area contributed by atoms with Crippen LogP contribution in [-0.2, 0) is 10.8 Å². The lowest BCUT2D eigenvalue weighted by Crippen LogP contribution is -2.28. The molecule has 0 fully saturated rings. The Morgan fingerprint density at radius 2 is 0.463 bits per heavy atom. The Bertz CT molecular complexity index is 8990. The van der Waals surface area contributed by atoms with Gasteiger partial charge in [0.2, 0.25) is 0 Å². The molecule has 4 nitrogen and oxygen atoms in total. The SMILES string of the molecule is c1ccc(-c2cccc(-n3c4ccccc4c4cc(-c5ccc6c(c5)c5c7c(ccc5n6-c5ccc6ccccc6c5)C(c5ccccc5)(c5ccccc5)c5ccccc5-7)ccc43)c2)cc1.c1ccc(-c2cccc(-n3c4ccccc4c4cc(-c5ccc6c(c5)c5cc7c(cc5n6-c5ccc6ccccc6c5)-c5ccccc5C7(c5ccccc5)c5ccccc5)ccc43)c2)cc1. The first-order valence-electron chi connectivity index (χ1n) is 46.5. The number of fused-ring (bicyclic) bond motifs is 21. The average molecular weight is 1700 g/mol. The Balaban J connectivity index is 0.000000136. The van der Waals surface area contributed by atoms with Crippen LogP contribution < -0.4 is 0 Å². The van der Waals surface area contributed by atoms with Gasteiger partial charge in [-0.15, -0.1) is 0 Å².